The van der Waals surface area contributed by atoms with Crippen molar-refractivity contribution in [2.45, 2.75) is 30.0 Å². The molecule has 0 radical (unpaired) electrons. The van der Waals surface area contributed by atoms with Crippen LogP contribution in [0.5, 0.6) is 0 Å². The lowest BCUT2D eigenvalue weighted by Crippen LogP contribution is -2.58. The van der Waals surface area contributed by atoms with Crippen LogP contribution in [0.2, 0.25) is 0 Å². The Morgan fingerprint density at radius 3 is 2.50 bits per heavy atom. The molecule has 0 bridgehead atoms. The smallest absolute Gasteiger partial charge is 0.240 e. The third kappa shape index (κ3) is 2.83. The zero-order valence-electron chi connectivity index (χ0n) is 12.7. The molecular formula is C13H21ClN2O5S. The van der Waals surface area contributed by atoms with Gasteiger partial charge in [-0.3, -0.25) is 9.59 Å². The Bertz CT molecular complexity index is 555. The van der Waals surface area contributed by atoms with E-state index in [1.807, 2.05) is 0 Å². The Morgan fingerprint density at radius 1 is 1.41 bits per heavy atom. The molecule has 0 aromatic heterocycles. The summed E-state index contributed by atoms with van der Waals surface area (Å²) in [7, 11) is -2.05. The van der Waals surface area contributed by atoms with Crippen LogP contribution in [0.25, 0.3) is 0 Å². The zero-order chi connectivity index (χ0) is 16.5. The number of rotatable bonds is 4. The number of carbonyl (C=O) groups is 2. The number of methoxy groups -OCH3 is 1. The minimum atomic E-state index is -3.56. The number of amides is 2. The molecule has 2 fully saturated rings. The molecule has 2 aliphatic heterocycles. The van der Waals surface area contributed by atoms with Crippen molar-refractivity contribution in [3.8, 4) is 0 Å². The van der Waals surface area contributed by atoms with Gasteiger partial charge in [0.05, 0.1) is 6.61 Å². The van der Waals surface area contributed by atoms with Gasteiger partial charge in [-0.1, -0.05) is 0 Å². The first kappa shape index (κ1) is 17.5. The maximum atomic E-state index is 12.5. The molecule has 126 valence electrons. The predicted octanol–water partition coefficient (Wildman–Crippen LogP) is -0.164. The van der Waals surface area contributed by atoms with Gasteiger partial charge < -0.3 is 14.5 Å². The van der Waals surface area contributed by atoms with Crippen LogP contribution in [-0.2, 0) is 24.2 Å². The van der Waals surface area contributed by atoms with E-state index in [9.17, 15) is 18.0 Å². The third-order valence-corrected chi connectivity index (χ3v) is 7.00. The molecule has 1 spiro atoms. The van der Waals surface area contributed by atoms with Crippen molar-refractivity contribution in [1.29, 1.82) is 0 Å². The van der Waals surface area contributed by atoms with Gasteiger partial charge in [-0.25, -0.2) is 8.42 Å². The van der Waals surface area contributed by atoms with Crippen LogP contribution in [0.3, 0.4) is 0 Å². The lowest BCUT2D eigenvalue weighted by atomic mass is 10.0. The molecule has 0 N–H and O–H groups in total. The minimum absolute atomic E-state index is 0.207. The summed E-state index contributed by atoms with van der Waals surface area (Å²) in [6.45, 7) is 2.69. The second kappa shape index (κ2) is 6.33. The largest absolute Gasteiger partial charge is 0.383 e. The Hall–Kier alpha value is -0.860. The van der Waals surface area contributed by atoms with Crippen LogP contribution in [-0.4, -0.2) is 79.4 Å². The van der Waals surface area contributed by atoms with Gasteiger partial charge in [-0.2, -0.15) is 0 Å². The molecular weight excluding hydrogens is 332 g/mol. The maximum absolute atomic E-state index is 12.5. The van der Waals surface area contributed by atoms with E-state index in [1.165, 1.54) is 12.0 Å². The first-order chi connectivity index (χ1) is 10.2. The summed E-state index contributed by atoms with van der Waals surface area (Å²) in [5.74, 6) is -1.06. The van der Waals surface area contributed by atoms with Gasteiger partial charge in [0.25, 0.3) is 0 Å². The first-order valence-corrected chi connectivity index (χ1v) is 9.28. The van der Waals surface area contributed by atoms with Crippen LogP contribution in [0, 0.1) is 0 Å². The van der Waals surface area contributed by atoms with Crippen molar-refractivity contribution in [2.75, 3.05) is 39.1 Å². The van der Waals surface area contributed by atoms with E-state index in [2.05, 4.69) is 0 Å². The van der Waals surface area contributed by atoms with Crippen LogP contribution in [0.4, 0.5) is 0 Å². The number of sulfone groups is 1. The quantitative estimate of drug-likeness (QED) is 0.656. The fourth-order valence-electron chi connectivity index (χ4n) is 3.19. The fraction of sp³-hybridized carbons (Fsp3) is 0.846. The summed E-state index contributed by atoms with van der Waals surface area (Å²) in [4.78, 5) is 25.8. The molecule has 0 saturated carbocycles. The Morgan fingerprint density at radius 2 is 2.00 bits per heavy atom. The lowest BCUT2D eigenvalue weighted by molar-refractivity contribution is -0.135. The van der Waals surface area contributed by atoms with Crippen LogP contribution >= 0.6 is 11.6 Å². The van der Waals surface area contributed by atoms with Gasteiger partial charge >= 0.3 is 0 Å². The zero-order valence-corrected chi connectivity index (χ0v) is 14.3. The summed E-state index contributed by atoms with van der Waals surface area (Å²) < 4.78 is 30.0. The normalized spacial score (nSPS) is 24.8. The highest BCUT2D eigenvalue weighted by atomic mass is 35.5. The highest BCUT2D eigenvalue weighted by Crippen LogP contribution is 2.39. The van der Waals surface area contributed by atoms with Crippen LogP contribution < -0.4 is 0 Å². The van der Waals surface area contributed by atoms with Gasteiger partial charge in [0.15, 0.2) is 9.84 Å². The number of hydrogen-bond acceptors (Lipinski definition) is 5. The molecule has 1 unspecified atom stereocenters. The number of halogens is 1. The van der Waals surface area contributed by atoms with E-state index in [4.69, 9.17) is 16.3 Å². The van der Waals surface area contributed by atoms with Gasteiger partial charge in [0.2, 0.25) is 11.8 Å². The van der Waals surface area contributed by atoms with Crippen LogP contribution in [0.15, 0.2) is 0 Å². The van der Waals surface area contributed by atoms with E-state index in [1.54, 1.807) is 11.8 Å². The Balaban J connectivity index is 2.20. The maximum Gasteiger partial charge on any atom is 0.240 e. The number of carbonyl (C=O) groups excluding carboxylic acids is 2. The SMILES string of the molecule is COCCN1C(=O)CS(=O)(=O)C12CCN(C(=O)C(C)Cl)CC2. The topological polar surface area (TPSA) is 84.0 Å². The summed E-state index contributed by atoms with van der Waals surface area (Å²) in [5, 5.41) is -0.638. The van der Waals surface area contributed by atoms with Gasteiger partial charge in [-0.05, 0) is 6.92 Å². The van der Waals surface area contributed by atoms with Crippen molar-refractivity contribution in [1.82, 2.24) is 9.80 Å². The fourth-order valence-corrected chi connectivity index (χ4v) is 5.41. The standard InChI is InChI=1S/C13H21ClN2O5S/c1-10(14)12(18)15-5-3-13(4-6-15)16(7-8-21-2)11(17)9-22(13,19)20/h10H,3-9H2,1-2H3. The highest BCUT2D eigenvalue weighted by Gasteiger charge is 2.58. The molecule has 1 atom stereocenters. The van der Waals surface area contributed by atoms with Crippen molar-refractivity contribution in [3.63, 3.8) is 0 Å². The molecule has 2 aliphatic rings. The van der Waals surface area contributed by atoms with E-state index in [0.717, 1.165) is 0 Å². The van der Waals surface area contributed by atoms with E-state index in [-0.39, 0.29) is 50.9 Å². The average Bonchev–Trinajstić information content (AvgIpc) is 2.63. The van der Waals surface area contributed by atoms with E-state index < -0.39 is 25.8 Å². The average molecular weight is 353 g/mol. The van der Waals surface area contributed by atoms with Crippen molar-refractivity contribution < 1.29 is 22.7 Å². The molecule has 22 heavy (non-hydrogen) atoms. The highest BCUT2D eigenvalue weighted by molar-refractivity contribution is 7.93. The van der Waals surface area contributed by atoms with Crippen molar-refractivity contribution >= 4 is 33.3 Å². The summed E-state index contributed by atoms with van der Waals surface area (Å²) in [5.41, 5.74) is 0. The minimum Gasteiger partial charge on any atom is -0.383 e. The Kier molecular flexibility index (Phi) is 5.03. The number of alkyl halides is 1. The first-order valence-electron chi connectivity index (χ1n) is 7.20. The van der Waals surface area contributed by atoms with Crippen molar-refractivity contribution in [2.24, 2.45) is 0 Å². The molecule has 9 heteroatoms. The second-order valence-corrected chi connectivity index (χ2v) is 8.62. The third-order valence-electron chi connectivity index (χ3n) is 4.40. The summed E-state index contributed by atoms with van der Waals surface area (Å²) in [6, 6.07) is 0. The number of hydrogen-bond donors (Lipinski definition) is 0. The molecule has 0 aromatic carbocycles. The predicted molar refractivity (Wildman–Crippen MR) is 81.2 cm³/mol. The van der Waals surface area contributed by atoms with Gasteiger partial charge in [-0.15, -0.1) is 11.6 Å². The number of piperidine rings is 1. The number of likely N-dealkylation sites (tertiary alicyclic amines) is 1. The number of ether oxygens (including phenoxy) is 1. The molecule has 7 nitrogen and oxygen atoms in total. The van der Waals surface area contributed by atoms with Crippen LogP contribution in [0.1, 0.15) is 19.8 Å². The molecule has 2 rings (SSSR count). The monoisotopic (exact) mass is 352 g/mol. The van der Waals surface area contributed by atoms with Gasteiger partial charge in [0.1, 0.15) is 16.0 Å². The van der Waals surface area contributed by atoms with E-state index in [0.29, 0.717) is 0 Å². The molecule has 2 amide bonds. The van der Waals surface area contributed by atoms with E-state index >= 15 is 0 Å². The molecule has 2 saturated heterocycles. The lowest BCUT2D eigenvalue weighted by Gasteiger charge is -2.43. The molecule has 2 heterocycles. The van der Waals surface area contributed by atoms with Crippen molar-refractivity contribution in [3.05, 3.63) is 0 Å². The number of nitrogens with zero attached hydrogens (tertiary/aromatic N) is 2. The Labute approximate surface area is 135 Å². The second-order valence-electron chi connectivity index (χ2n) is 5.68. The van der Waals surface area contributed by atoms with Gasteiger partial charge in [0, 0.05) is 39.6 Å². The summed E-state index contributed by atoms with van der Waals surface area (Å²) >= 11 is 5.80. The summed E-state index contributed by atoms with van der Waals surface area (Å²) in [6.07, 6.45) is 0.445. The molecule has 0 aromatic rings. The molecule has 0 aliphatic carbocycles.